The van der Waals surface area contributed by atoms with Crippen molar-refractivity contribution >= 4 is 39.1 Å². The Hall–Kier alpha value is -3.11. The molecule has 2 aromatic heterocycles. The molecule has 40 heavy (non-hydrogen) atoms. The Bertz CT molecular complexity index is 1530. The summed E-state index contributed by atoms with van der Waals surface area (Å²) in [5.41, 5.74) is 1.07. The van der Waals surface area contributed by atoms with Gasteiger partial charge in [0.2, 0.25) is 0 Å². The fraction of sp³-hybridized carbons (Fsp3) is 0.433. The standard InChI is InChI=1S/C30H32ClFN6O2/c31-24-7-2-5-19-4-1-6-22(25(19)24)27-26(32)28-23(16-33-27)29(38-17-20-8-9-21(18-38)34-20)36-30(35-28)40-13-3-10-37-11-14-39-15-12-37/h1-2,4-7,16,20-21,34H,3,8-15,17-18H2. The van der Waals surface area contributed by atoms with Crippen LogP contribution in [0.5, 0.6) is 6.01 Å². The van der Waals surface area contributed by atoms with Crippen LogP contribution < -0.4 is 15.0 Å². The van der Waals surface area contributed by atoms with Crippen LogP contribution in [0.15, 0.2) is 42.6 Å². The van der Waals surface area contributed by atoms with Crippen LogP contribution >= 0.6 is 11.6 Å². The van der Waals surface area contributed by atoms with E-state index < -0.39 is 5.82 Å². The molecule has 0 amide bonds. The van der Waals surface area contributed by atoms with Crippen molar-refractivity contribution in [3.63, 3.8) is 0 Å². The number of pyridine rings is 1. The van der Waals surface area contributed by atoms with Crippen LogP contribution in [0, 0.1) is 5.82 Å². The lowest BCUT2D eigenvalue weighted by atomic mass is 10.0. The van der Waals surface area contributed by atoms with Crippen LogP contribution in [-0.4, -0.2) is 84.5 Å². The van der Waals surface area contributed by atoms with Crippen molar-refractivity contribution in [2.45, 2.75) is 31.3 Å². The molecule has 2 unspecified atom stereocenters. The van der Waals surface area contributed by atoms with E-state index in [1.807, 2.05) is 36.4 Å². The number of piperazine rings is 1. The zero-order chi connectivity index (χ0) is 27.1. The second kappa shape index (κ2) is 11.0. The summed E-state index contributed by atoms with van der Waals surface area (Å²) < 4.78 is 27.9. The van der Waals surface area contributed by atoms with Gasteiger partial charge in [-0.2, -0.15) is 9.97 Å². The maximum absolute atomic E-state index is 16.4. The van der Waals surface area contributed by atoms with E-state index in [0.717, 1.165) is 76.0 Å². The number of hydrogen-bond donors (Lipinski definition) is 1. The molecule has 2 atom stereocenters. The first-order valence-electron chi connectivity index (χ1n) is 14.1. The summed E-state index contributed by atoms with van der Waals surface area (Å²) in [6.45, 7) is 6.37. The highest BCUT2D eigenvalue weighted by atomic mass is 35.5. The summed E-state index contributed by atoms with van der Waals surface area (Å²) in [6.07, 6.45) is 4.79. The molecule has 0 radical (unpaired) electrons. The first-order valence-corrected chi connectivity index (χ1v) is 14.5. The van der Waals surface area contributed by atoms with Gasteiger partial charge in [-0.3, -0.25) is 9.88 Å². The molecule has 2 aromatic carbocycles. The van der Waals surface area contributed by atoms with Crippen molar-refractivity contribution in [3.8, 4) is 17.3 Å². The second-order valence-electron chi connectivity index (χ2n) is 10.9. The third-order valence-electron chi connectivity index (χ3n) is 8.22. The number of rotatable bonds is 7. The van der Waals surface area contributed by atoms with Crippen molar-refractivity contribution in [1.29, 1.82) is 0 Å². The maximum Gasteiger partial charge on any atom is 0.319 e. The molecule has 2 bridgehead atoms. The molecule has 3 aliphatic heterocycles. The van der Waals surface area contributed by atoms with Gasteiger partial charge < -0.3 is 19.7 Å². The zero-order valence-electron chi connectivity index (χ0n) is 22.3. The maximum atomic E-state index is 16.4. The molecule has 5 heterocycles. The van der Waals surface area contributed by atoms with Crippen LogP contribution in [0.25, 0.3) is 32.9 Å². The molecular formula is C30H32ClFN6O2. The topological polar surface area (TPSA) is 75.6 Å². The van der Waals surface area contributed by atoms with Gasteiger partial charge in [0.1, 0.15) is 17.0 Å². The fourth-order valence-corrected chi connectivity index (χ4v) is 6.54. The van der Waals surface area contributed by atoms with Gasteiger partial charge in [-0.25, -0.2) is 4.39 Å². The Labute approximate surface area is 237 Å². The third kappa shape index (κ3) is 4.96. The van der Waals surface area contributed by atoms with E-state index in [-0.39, 0.29) is 17.2 Å². The van der Waals surface area contributed by atoms with Crippen molar-refractivity contribution in [1.82, 2.24) is 25.2 Å². The summed E-state index contributed by atoms with van der Waals surface area (Å²) in [4.78, 5) is 18.6. The van der Waals surface area contributed by atoms with E-state index >= 15 is 4.39 Å². The number of ether oxygens (including phenoxy) is 2. The van der Waals surface area contributed by atoms with Gasteiger partial charge in [-0.05, 0) is 30.7 Å². The first-order chi connectivity index (χ1) is 19.6. The molecule has 0 aliphatic carbocycles. The molecule has 0 spiro atoms. The van der Waals surface area contributed by atoms with Crippen molar-refractivity contribution in [2.75, 3.05) is 57.4 Å². The van der Waals surface area contributed by atoms with E-state index in [2.05, 4.69) is 25.1 Å². The predicted molar refractivity (Wildman–Crippen MR) is 155 cm³/mol. The van der Waals surface area contributed by atoms with Gasteiger partial charge in [0.05, 0.1) is 25.2 Å². The minimum Gasteiger partial charge on any atom is -0.463 e. The van der Waals surface area contributed by atoms with E-state index in [1.165, 1.54) is 0 Å². The minimum absolute atomic E-state index is 0.197. The number of nitrogens with zero attached hydrogens (tertiary/aromatic N) is 5. The second-order valence-corrected chi connectivity index (χ2v) is 11.3. The predicted octanol–water partition coefficient (Wildman–Crippen LogP) is 4.68. The lowest BCUT2D eigenvalue weighted by Gasteiger charge is -2.34. The number of anilines is 1. The van der Waals surface area contributed by atoms with Crippen LogP contribution in [0.1, 0.15) is 19.3 Å². The first kappa shape index (κ1) is 25.8. The van der Waals surface area contributed by atoms with E-state index in [9.17, 15) is 0 Å². The highest BCUT2D eigenvalue weighted by Crippen LogP contribution is 2.38. The molecule has 10 heteroatoms. The average Bonchev–Trinajstić information content (AvgIpc) is 3.33. The van der Waals surface area contributed by atoms with E-state index in [0.29, 0.717) is 40.5 Å². The number of fused-ring (bicyclic) bond motifs is 4. The summed E-state index contributed by atoms with van der Waals surface area (Å²) in [5, 5.41) is 6.50. The number of halogens is 2. The van der Waals surface area contributed by atoms with E-state index in [1.54, 1.807) is 6.20 Å². The molecule has 208 valence electrons. The lowest BCUT2D eigenvalue weighted by Crippen LogP contribution is -2.51. The zero-order valence-corrected chi connectivity index (χ0v) is 23.0. The highest BCUT2D eigenvalue weighted by molar-refractivity contribution is 6.36. The Morgan fingerprint density at radius 1 is 1.05 bits per heavy atom. The SMILES string of the molecule is Fc1c(-c2cccc3cccc(Cl)c23)ncc2c(N3CC4CCC(C3)N4)nc(OCCCN3CCOCC3)nc12. The molecule has 1 N–H and O–H groups in total. The third-order valence-corrected chi connectivity index (χ3v) is 8.54. The number of hydrogen-bond acceptors (Lipinski definition) is 8. The van der Waals surface area contributed by atoms with Crippen molar-refractivity contribution in [2.24, 2.45) is 0 Å². The highest BCUT2D eigenvalue weighted by Gasteiger charge is 2.34. The summed E-state index contributed by atoms with van der Waals surface area (Å²) in [7, 11) is 0. The van der Waals surface area contributed by atoms with Crippen LogP contribution in [-0.2, 0) is 4.74 Å². The quantitative estimate of drug-likeness (QED) is 0.326. The van der Waals surface area contributed by atoms with Crippen LogP contribution in [0.2, 0.25) is 5.02 Å². The largest absolute Gasteiger partial charge is 0.463 e. The van der Waals surface area contributed by atoms with Crippen molar-refractivity contribution < 1.29 is 13.9 Å². The molecule has 7 rings (SSSR count). The summed E-state index contributed by atoms with van der Waals surface area (Å²) >= 11 is 6.58. The van der Waals surface area contributed by atoms with Gasteiger partial charge in [0, 0.05) is 67.0 Å². The molecule has 3 fully saturated rings. The smallest absolute Gasteiger partial charge is 0.319 e. The average molecular weight is 563 g/mol. The Morgan fingerprint density at radius 3 is 2.62 bits per heavy atom. The Balaban J connectivity index is 1.26. The summed E-state index contributed by atoms with van der Waals surface area (Å²) in [5.74, 6) is 0.185. The molecule has 3 saturated heterocycles. The van der Waals surface area contributed by atoms with Gasteiger partial charge in [-0.1, -0.05) is 41.9 Å². The molecule has 4 aromatic rings. The number of benzene rings is 2. The van der Waals surface area contributed by atoms with Gasteiger partial charge in [0.25, 0.3) is 0 Å². The van der Waals surface area contributed by atoms with Gasteiger partial charge in [0.15, 0.2) is 5.82 Å². The number of nitrogens with one attached hydrogen (secondary N) is 1. The van der Waals surface area contributed by atoms with Crippen molar-refractivity contribution in [3.05, 3.63) is 53.4 Å². The Kier molecular flexibility index (Phi) is 7.13. The normalized spacial score (nSPS) is 21.4. The van der Waals surface area contributed by atoms with E-state index in [4.69, 9.17) is 26.1 Å². The molecule has 8 nitrogen and oxygen atoms in total. The van der Waals surface area contributed by atoms with Crippen LogP contribution in [0.3, 0.4) is 0 Å². The lowest BCUT2D eigenvalue weighted by molar-refractivity contribution is 0.0356. The van der Waals surface area contributed by atoms with Crippen LogP contribution in [0.4, 0.5) is 10.2 Å². The number of aromatic nitrogens is 3. The van der Waals surface area contributed by atoms with Gasteiger partial charge in [-0.15, -0.1) is 0 Å². The number of morpholine rings is 1. The summed E-state index contributed by atoms with van der Waals surface area (Å²) in [6, 6.07) is 12.4. The monoisotopic (exact) mass is 562 g/mol. The van der Waals surface area contributed by atoms with Gasteiger partial charge >= 0.3 is 6.01 Å². The Morgan fingerprint density at radius 2 is 1.82 bits per heavy atom. The minimum atomic E-state index is -0.496. The molecule has 0 saturated carbocycles. The fourth-order valence-electron chi connectivity index (χ4n) is 6.25. The molecular weight excluding hydrogens is 531 g/mol. The molecule has 3 aliphatic rings.